The Hall–Kier alpha value is -2.29. The van der Waals surface area contributed by atoms with Crippen molar-refractivity contribution in [2.24, 2.45) is 0 Å². The summed E-state index contributed by atoms with van der Waals surface area (Å²) in [6.45, 7) is 4.24. The lowest BCUT2D eigenvalue weighted by molar-refractivity contribution is -0.870. The number of hydrogen-bond donors (Lipinski definition) is 1. The maximum absolute atomic E-state index is 12.7. The molecule has 68 heavy (non-hydrogen) atoms. The number of rotatable bonds is 51. The number of likely N-dealkylation sites (N-methyl/N-ethyl adjacent to an activating group) is 1. The van der Waals surface area contributed by atoms with E-state index in [9.17, 15) is 19.0 Å². The van der Waals surface area contributed by atoms with Gasteiger partial charge in [0.15, 0.2) is 6.10 Å². The molecule has 0 aromatic heterocycles. The Bertz CT molecular complexity index is 1340. The van der Waals surface area contributed by atoms with Crippen molar-refractivity contribution < 1.29 is 42.1 Å². The SMILES string of the molecule is CC/C=C\C/C=C\C/C=C\C/C=C\CCC(=O)OC(COC(=O)CCCCCCCCCCCCCCCCCCCCC/C=C\CCCCCCCCCC)COP(=O)(O)OCC[N+](C)(C)C. The first kappa shape index (κ1) is 65.7. The van der Waals surface area contributed by atoms with Crippen LogP contribution in [0, 0.1) is 0 Å². The van der Waals surface area contributed by atoms with Crippen LogP contribution >= 0.6 is 7.82 Å². The molecule has 0 aliphatic carbocycles. The van der Waals surface area contributed by atoms with Gasteiger partial charge in [-0.15, -0.1) is 0 Å². The first-order chi connectivity index (χ1) is 33.0. The number of phosphoric acid groups is 1. The second-order valence-corrected chi connectivity index (χ2v) is 21.4. The molecule has 0 radical (unpaired) electrons. The van der Waals surface area contributed by atoms with E-state index in [1.54, 1.807) is 0 Å². The Kier molecular flexibility index (Phi) is 48.0. The molecule has 0 rings (SSSR count). The monoisotopic (exact) mass is 977 g/mol. The minimum Gasteiger partial charge on any atom is -0.462 e. The highest BCUT2D eigenvalue weighted by Gasteiger charge is 2.27. The van der Waals surface area contributed by atoms with Crippen LogP contribution in [0.5, 0.6) is 0 Å². The van der Waals surface area contributed by atoms with E-state index in [-0.39, 0.29) is 32.0 Å². The van der Waals surface area contributed by atoms with E-state index >= 15 is 0 Å². The molecular weight excluding hydrogens is 870 g/mol. The lowest BCUT2D eigenvalue weighted by atomic mass is 10.0. The molecule has 2 unspecified atom stereocenters. The third-order valence-electron chi connectivity index (χ3n) is 12.0. The zero-order chi connectivity index (χ0) is 49.9. The number of esters is 2. The van der Waals surface area contributed by atoms with E-state index < -0.39 is 26.5 Å². The number of nitrogens with zero attached hydrogens (tertiary/aromatic N) is 1. The fourth-order valence-electron chi connectivity index (χ4n) is 7.73. The molecule has 0 saturated carbocycles. The second-order valence-electron chi connectivity index (χ2n) is 19.9. The van der Waals surface area contributed by atoms with Gasteiger partial charge in [0.25, 0.3) is 0 Å². The van der Waals surface area contributed by atoms with E-state index in [0.717, 1.165) is 44.9 Å². The lowest BCUT2D eigenvalue weighted by Gasteiger charge is -2.24. The number of carbonyl (C=O) groups is 2. The van der Waals surface area contributed by atoms with E-state index in [2.05, 4.69) is 62.5 Å². The minimum atomic E-state index is -4.40. The predicted octanol–water partition coefficient (Wildman–Crippen LogP) is 17.1. The molecule has 10 heteroatoms. The zero-order valence-corrected chi connectivity index (χ0v) is 45.7. The average molecular weight is 977 g/mol. The fourth-order valence-corrected chi connectivity index (χ4v) is 8.47. The number of allylic oxidation sites excluding steroid dienone is 10. The van der Waals surface area contributed by atoms with Crippen LogP contribution in [0.25, 0.3) is 0 Å². The van der Waals surface area contributed by atoms with Gasteiger partial charge in [0.1, 0.15) is 19.8 Å². The zero-order valence-electron chi connectivity index (χ0n) is 44.8. The highest BCUT2D eigenvalue weighted by Crippen LogP contribution is 2.43. The summed E-state index contributed by atoms with van der Waals surface area (Å²) in [5.41, 5.74) is 0. The number of carbonyl (C=O) groups excluding carboxylic acids is 2. The van der Waals surface area contributed by atoms with Gasteiger partial charge in [0, 0.05) is 12.8 Å². The Morgan fingerprint density at radius 3 is 1.31 bits per heavy atom. The third kappa shape index (κ3) is 53.1. The summed E-state index contributed by atoms with van der Waals surface area (Å²) < 4.78 is 34.3. The Labute approximate surface area is 419 Å². The number of unbranched alkanes of at least 4 members (excludes halogenated alkanes) is 27. The van der Waals surface area contributed by atoms with Crippen LogP contribution in [-0.4, -0.2) is 74.9 Å². The standard InChI is InChI=1S/C58H106NO8P/c1-6-8-10-12-14-16-18-20-21-22-23-24-25-26-27-28-29-30-31-32-33-34-35-36-37-39-40-42-44-46-48-50-57(60)64-54-56(55-66-68(62,63)65-53-52-59(3,4)5)67-58(61)51-49-47-45-43-41-38-19-17-15-13-11-9-7-2/h9,11,15,17,22-23,38,41,45,47,56H,6-8,10,12-14,16,18-21,24-37,39-40,42-44,46,48-55H2,1-5H3/p+1/b11-9-,17-15-,23-22-,41-38-,47-45-. The van der Waals surface area contributed by atoms with Crippen LogP contribution in [0.3, 0.4) is 0 Å². The summed E-state index contributed by atoms with van der Waals surface area (Å²) in [5, 5.41) is 0. The lowest BCUT2D eigenvalue weighted by Crippen LogP contribution is -2.37. The molecule has 1 N–H and O–H groups in total. The fraction of sp³-hybridized carbons (Fsp3) is 0.793. The van der Waals surface area contributed by atoms with Gasteiger partial charge in [-0.2, -0.15) is 0 Å². The smallest absolute Gasteiger partial charge is 0.462 e. The number of hydrogen-bond acceptors (Lipinski definition) is 7. The van der Waals surface area contributed by atoms with E-state index in [1.807, 2.05) is 33.3 Å². The van der Waals surface area contributed by atoms with Crippen molar-refractivity contribution in [1.82, 2.24) is 0 Å². The Morgan fingerprint density at radius 1 is 0.471 bits per heavy atom. The van der Waals surface area contributed by atoms with Crippen molar-refractivity contribution in [3.05, 3.63) is 60.8 Å². The third-order valence-corrected chi connectivity index (χ3v) is 13.0. The average Bonchev–Trinajstić information content (AvgIpc) is 3.30. The van der Waals surface area contributed by atoms with Crippen molar-refractivity contribution in [1.29, 1.82) is 0 Å². The van der Waals surface area contributed by atoms with Gasteiger partial charge >= 0.3 is 19.8 Å². The maximum Gasteiger partial charge on any atom is 0.472 e. The van der Waals surface area contributed by atoms with Gasteiger partial charge < -0.3 is 18.9 Å². The van der Waals surface area contributed by atoms with Gasteiger partial charge in [-0.3, -0.25) is 18.6 Å². The summed E-state index contributed by atoms with van der Waals surface area (Å²) in [5.74, 6) is -0.888. The quantitative estimate of drug-likeness (QED) is 0.0211. The van der Waals surface area contributed by atoms with Crippen LogP contribution in [0.1, 0.15) is 245 Å². The summed E-state index contributed by atoms with van der Waals surface area (Å²) >= 11 is 0. The van der Waals surface area contributed by atoms with Crippen molar-refractivity contribution in [3.63, 3.8) is 0 Å². The summed E-state index contributed by atoms with van der Waals surface area (Å²) in [4.78, 5) is 35.5. The molecule has 0 bridgehead atoms. The Balaban J connectivity index is 4.04. The van der Waals surface area contributed by atoms with Crippen LogP contribution in [-0.2, 0) is 32.7 Å². The van der Waals surface area contributed by atoms with Crippen LogP contribution in [0.4, 0.5) is 0 Å². The van der Waals surface area contributed by atoms with Crippen LogP contribution in [0.2, 0.25) is 0 Å². The van der Waals surface area contributed by atoms with E-state index in [1.165, 1.54) is 167 Å². The molecule has 0 amide bonds. The highest BCUT2D eigenvalue weighted by atomic mass is 31.2. The molecule has 0 aliphatic heterocycles. The van der Waals surface area contributed by atoms with E-state index in [0.29, 0.717) is 17.4 Å². The number of ether oxygens (including phenoxy) is 2. The normalized spacial score (nSPS) is 13.8. The molecule has 0 aliphatic rings. The highest BCUT2D eigenvalue weighted by molar-refractivity contribution is 7.47. The van der Waals surface area contributed by atoms with Gasteiger partial charge in [-0.25, -0.2) is 4.57 Å². The van der Waals surface area contributed by atoms with Crippen molar-refractivity contribution in [2.75, 3.05) is 47.5 Å². The largest absolute Gasteiger partial charge is 0.472 e. The first-order valence-corrected chi connectivity index (χ1v) is 29.5. The van der Waals surface area contributed by atoms with Gasteiger partial charge in [0.05, 0.1) is 27.7 Å². The van der Waals surface area contributed by atoms with Crippen molar-refractivity contribution in [2.45, 2.75) is 251 Å². The number of phosphoric ester groups is 1. The maximum atomic E-state index is 12.7. The van der Waals surface area contributed by atoms with Crippen molar-refractivity contribution >= 4 is 19.8 Å². The first-order valence-electron chi connectivity index (χ1n) is 28.0. The molecule has 9 nitrogen and oxygen atoms in total. The van der Waals surface area contributed by atoms with Gasteiger partial charge in [-0.05, 0) is 64.2 Å². The topological polar surface area (TPSA) is 108 Å². The number of quaternary nitrogens is 1. The second kappa shape index (κ2) is 49.7. The van der Waals surface area contributed by atoms with Crippen LogP contribution in [0.15, 0.2) is 60.8 Å². The molecule has 0 fully saturated rings. The molecular formula is C58H107NO8P+. The molecule has 0 aromatic carbocycles. The van der Waals surface area contributed by atoms with Crippen LogP contribution < -0.4 is 0 Å². The molecule has 0 heterocycles. The van der Waals surface area contributed by atoms with E-state index in [4.69, 9.17) is 18.5 Å². The molecule has 2 atom stereocenters. The molecule has 396 valence electrons. The van der Waals surface area contributed by atoms with Gasteiger partial charge in [0.2, 0.25) is 0 Å². The minimum absolute atomic E-state index is 0.0181. The molecule has 0 saturated heterocycles. The Morgan fingerprint density at radius 2 is 0.868 bits per heavy atom. The summed E-state index contributed by atoms with van der Waals surface area (Å²) in [6, 6.07) is 0. The summed E-state index contributed by atoms with van der Waals surface area (Å²) in [7, 11) is 1.43. The van der Waals surface area contributed by atoms with Gasteiger partial charge in [-0.1, -0.05) is 229 Å². The summed E-state index contributed by atoms with van der Waals surface area (Å²) in [6.07, 6.45) is 63.4. The van der Waals surface area contributed by atoms with Crippen molar-refractivity contribution in [3.8, 4) is 0 Å². The predicted molar refractivity (Wildman–Crippen MR) is 289 cm³/mol. The molecule has 0 spiro atoms. The molecule has 0 aromatic rings.